The normalized spacial score (nSPS) is 26.9. The fourth-order valence-electron chi connectivity index (χ4n) is 2.65. The lowest BCUT2D eigenvalue weighted by Gasteiger charge is -2.23. The highest BCUT2D eigenvalue weighted by molar-refractivity contribution is 5.26. The van der Waals surface area contributed by atoms with Gasteiger partial charge in [-0.25, -0.2) is 0 Å². The van der Waals surface area contributed by atoms with Gasteiger partial charge >= 0.3 is 0 Å². The Morgan fingerprint density at radius 1 is 1.13 bits per heavy atom. The Kier molecular flexibility index (Phi) is 6.87. The van der Waals surface area contributed by atoms with Crippen molar-refractivity contribution in [1.82, 2.24) is 0 Å². The van der Waals surface area contributed by atoms with Gasteiger partial charge in [-0.2, -0.15) is 0 Å². The van der Waals surface area contributed by atoms with Crippen LogP contribution in [0.5, 0.6) is 5.75 Å². The minimum atomic E-state index is -0.464. The van der Waals surface area contributed by atoms with E-state index in [-0.39, 0.29) is 24.9 Å². The summed E-state index contributed by atoms with van der Waals surface area (Å²) in [6.45, 7) is 2.71. The highest BCUT2D eigenvalue weighted by Crippen LogP contribution is 2.29. The predicted octanol–water partition coefficient (Wildman–Crippen LogP) is 2.38. The molecule has 126 valence electrons. The number of terminal acetylenes is 1. The fourth-order valence-corrected chi connectivity index (χ4v) is 2.65. The molecule has 1 heterocycles. The lowest BCUT2D eigenvalue weighted by molar-refractivity contribution is -0.160. The van der Waals surface area contributed by atoms with Gasteiger partial charge in [-0.05, 0) is 24.1 Å². The summed E-state index contributed by atoms with van der Waals surface area (Å²) in [6, 6.07) is 7.76. The highest BCUT2D eigenvalue weighted by Gasteiger charge is 2.45. The average Bonchev–Trinajstić information content (AvgIpc) is 2.95. The molecular formula is C18H24O5. The maximum absolute atomic E-state index is 6.07. The van der Waals surface area contributed by atoms with Crippen LogP contribution in [0, 0.1) is 12.3 Å². The van der Waals surface area contributed by atoms with Crippen LogP contribution in [0.15, 0.2) is 24.3 Å². The Hall–Kier alpha value is -1.58. The van der Waals surface area contributed by atoms with E-state index in [9.17, 15) is 0 Å². The summed E-state index contributed by atoms with van der Waals surface area (Å²) in [7, 11) is 3.24. The van der Waals surface area contributed by atoms with Crippen molar-refractivity contribution >= 4 is 0 Å². The maximum atomic E-state index is 6.07. The third-order valence-electron chi connectivity index (χ3n) is 3.86. The van der Waals surface area contributed by atoms with E-state index in [1.807, 2.05) is 31.2 Å². The molecule has 5 heteroatoms. The second-order valence-corrected chi connectivity index (χ2v) is 5.29. The van der Waals surface area contributed by atoms with Crippen LogP contribution in [0.2, 0.25) is 0 Å². The minimum absolute atomic E-state index is 0.0824. The Morgan fingerprint density at radius 3 is 2.43 bits per heavy atom. The van der Waals surface area contributed by atoms with Gasteiger partial charge in [-0.15, -0.1) is 6.42 Å². The van der Waals surface area contributed by atoms with Crippen LogP contribution in [0.25, 0.3) is 0 Å². The molecule has 0 amide bonds. The molecule has 1 fully saturated rings. The number of hydrogen-bond acceptors (Lipinski definition) is 5. The van der Waals surface area contributed by atoms with Gasteiger partial charge < -0.3 is 23.7 Å². The van der Waals surface area contributed by atoms with Gasteiger partial charge in [0, 0.05) is 7.11 Å². The van der Waals surface area contributed by atoms with E-state index in [4.69, 9.17) is 30.1 Å². The maximum Gasteiger partial charge on any atom is 0.186 e. The fraction of sp³-hybridized carbons (Fsp3) is 0.556. The molecule has 0 aliphatic carbocycles. The summed E-state index contributed by atoms with van der Waals surface area (Å²) < 4.78 is 28.1. The number of rotatable bonds is 8. The molecule has 5 nitrogen and oxygen atoms in total. The van der Waals surface area contributed by atoms with E-state index in [2.05, 4.69) is 5.92 Å². The van der Waals surface area contributed by atoms with Gasteiger partial charge in [0.1, 0.15) is 24.6 Å². The zero-order valence-electron chi connectivity index (χ0n) is 13.9. The second-order valence-electron chi connectivity index (χ2n) is 5.29. The first-order chi connectivity index (χ1) is 11.2. The van der Waals surface area contributed by atoms with Crippen LogP contribution in [-0.4, -0.2) is 45.4 Å². The van der Waals surface area contributed by atoms with Gasteiger partial charge in [-0.3, -0.25) is 0 Å². The molecule has 23 heavy (non-hydrogen) atoms. The largest absolute Gasteiger partial charge is 0.497 e. The number of ether oxygens (including phenoxy) is 5. The standard InChI is InChI=1S/C18H24O5/c1-5-11-21-17-16(15(6-2)23-18(17)20-4)22-12-13-7-9-14(19-3)10-8-13/h1,7-10,15-18H,6,11-12H2,2-4H3/t15-,16-,17+,18+/m0/s1. The van der Waals surface area contributed by atoms with Crippen LogP contribution < -0.4 is 4.74 Å². The summed E-state index contributed by atoms with van der Waals surface area (Å²) in [6.07, 6.45) is 5.00. The molecule has 1 aliphatic rings. The van der Waals surface area contributed by atoms with Gasteiger partial charge in [-0.1, -0.05) is 25.0 Å². The molecule has 1 aromatic rings. The second kappa shape index (κ2) is 8.90. The Balaban J connectivity index is 2.01. The topological polar surface area (TPSA) is 46.2 Å². The lowest BCUT2D eigenvalue weighted by atomic mass is 10.1. The molecular weight excluding hydrogens is 296 g/mol. The van der Waals surface area contributed by atoms with Crippen LogP contribution >= 0.6 is 0 Å². The van der Waals surface area contributed by atoms with E-state index in [1.165, 1.54) is 0 Å². The zero-order valence-corrected chi connectivity index (χ0v) is 13.9. The van der Waals surface area contributed by atoms with E-state index in [0.717, 1.165) is 17.7 Å². The van der Waals surface area contributed by atoms with Crippen LogP contribution in [0.4, 0.5) is 0 Å². The molecule has 0 unspecified atom stereocenters. The molecule has 0 aromatic heterocycles. The minimum Gasteiger partial charge on any atom is -0.497 e. The average molecular weight is 320 g/mol. The van der Waals surface area contributed by atoms with Crippen molar-refractivity contribution in [3.63, 3.8) is 0 Å². The zero-order chi connectivity index (χ0) is 16.7. The third kappa shape index (κ3) is 4.46. The molecule has 1 aliphatic heterocycles. The lowest BCUT2D eigenvalue weighted by Crippen LogP contribution is -2.38. The van der Waals surface area contributed by atoms with Crippen molar-refractivity contribution in [3.05, 3.63) is 29.8 Å². The number of hydrogen-bond donors (Lipinski definition) is 0. The highest BCUT2D eigenvalue weighted by atomic mass is 16.7. The smallest absolute Gasteiger partial charge is 0.186 e. The molecule has 0 spiro atoms. The first kappa shape index (κ1) is 17.8. The Morgan fingerprint density at radius 2 is 1.87 bits per heavy atom. The number of methoxy groups -OCH3 is 2. The molecule has 2 rings (SSSR count). The van der Waals surface area contributed by atoms with Crippen molar-refractivity contribution in [2.75, 3.05) is 20.8 Å². The quantitative estimate of drug-likeness (QED) is 0.688. The molecule has 1 aromatic carbocycles. The summed E-state index contributed by atoms with van der Waals surface area (Å²) in [5.41, 5.74) is 1.05. The van der Waals surface area contributed by atoms with Crippen molar-refractivity contribution in [2.45, 2.75) is 44.6 Å². The molecule has 0 saturated carbocycles. The molecule has 0 radical (unpaired) electrons. The Labute approximate surface area is 137 Å². The first-order valence-electron chi connectivity index (χ1n) is 7.71. The van der Waals surface area contributed by atoms with Crippen molar-refractivity contribution in [3.8, 4) is 18.1 Å². The van der Waals surface area contributed by atoms with Crippen LogP contribution in [-0.2, 0) is 25.6 Å². The summed E-state index contributed by atoms with van der Waals surface area (Å²) in [5, 5.41) is 0. The van der Waals surface area contributed by atoms with Crippen molar-refractivity contribution < 1.29 is 23.7 Å². The summed E-state index contributed by atoms with van der Waals surface area (Å²) in [4.78, 5) is 0. The Bertz CT molecular complexity index is 507. The van der Waals surface area contributed by atoms with E-state index in [1.54, 1.807) is 14.2 Å². The number of benzene rings is 1. The van der Waals surface area contributed by atoms with E-state index in [0.29, 0.717) is 6.61 Å². The third-order valence-corrected chi connectivity index (χ3v) is 3.86. The van der Waals surface area contributed by atoms with E-state index < -0.39 is 6.29 Å². The summed E-state index contributed by atoms with van der Waals surface area (Å²) >= 11 is 0. The molecule has 0 bridgehead atoms. The van der Waals surface area contributed by atoms with E-state index >= 15 is 0 Å². The van der Waals surface area contributed by atoms with Gasteiger partial charge in [0.2, 0.25) is 0 Å². The molecule has 0 N–H and O–H groups in total. The SMILES string of the molecule is C#CCO[C@H]1[C@H](OC)O[C@@H](CC)[C@@H]1OCc1ccc(OC)cc1. The van der Waals surface area contributed by atoms with Crippen molar-refractivity contribution in [2.24, 2.45) is 0 Å². The summed E-state index contributed by atoms with van der Waals surface area (Å²) in [5.74, 6) is 3.29. The molecule has 1 saturated heterocycles. The first-order valence-corrected chi connectivity index (χ1v) is 7.71. The monoisotopic (exact) mass is 320 g/mol. The molecule has 4 atom stereocenters. The van der Waals surface area contributed by atoms with Gasteiger partial charge in [0.05, 0.1) is 19.8 Å². The van der Waals surface area contributed by atoms with Crippen LogP contribution in [0.1, 0.15) is 18.9 Å². The predicted molar refractivity (Wildman–Crippen MR) is 86.1 cm³/mol. The van der Waals surface area contributed by atoms with Gasteiger partial charge in [0.15, 0.2) is 6.29 Å². The van der Waals surface area contributed by atoms with Crippen LogP contribution in [0.3, 0.4) is 0 Å². The van der Waals surface area contributed by atoms with Gasteiger partial charge in [0.25, 0.3) is 0 Å². The van der Waals surface area contributed by atoms with Crippen molar-refractivity contribution in [1.29, 1.82) is 0 Å².